The molecule has 2 aromatic heterocycles. The average molecular weight is 304 g/mol. The lowest BCUT2D eigenvalue weighted by molar-refractivity contribution is 0.343. The molecule has 5 heteroatoms. The maximum atomic E-state index is 5.66. The van der Waals surface area contributed by atoms with Gasteiger partial charge in [0, 0.05) is 0 Å². The van der Waals surface area contributed by atoms with Crippen LogP contribution in [0.4, 0.5) is 0 Å². The Morgan fingerprint density at radius 3 is 2.90 bits per heavy atom. The summed E-state index contributed by atoms with van der Waals surface area (Å²) in [5.74, 6) is 0.858. The van der Waals surface area contributed by atoms with Gasteiger partial charge in [0.2, 0.25) is 0 Å². The van der Waals surface area contributed by atoms with Crippen LogP contribution in [0.1, 0.15) is 18.1 Å². The molecule has 2 heterocycles. The van der Waals surface area contributed by atoms with Crippen molar-refractivity contribution in [2.75, 3.05) is 6.61 Å². The molecule has 0 aliphatic carbocycles. The Morgan fingerprint density at radius 2 is 2.20 bits per heavy atom. The number of hydrogen-bond acceptors (Lipinski definition) is 3. The SMILES string of the molecule is CCOc1cccc2c1[nH]c(=S)n2Cc1cscc1C. The summed E-state index contributed by atoms with van der Waals surface area (Å²) in [5, 5.41) is 4.35. The van der Waals surface area contributed by atoms with Crippen molar-refractivity contribution in [1.29, 1.82) is 0 Å². The lowest BCUT2D eigenvalue weighted by Gasteiger charge is -2.06. The third kappa shape index (κ3) is 2.27. The van der Waals surface area contributed by atoms with Crippen molar-refractivity contribution in [1.82, 2.24) is 9.55 Å². The number of aryl methyl sites for hydroxylation is 1. The van der Waals surface area contributed by atoms with Crippen LogP contribution in [0.5, 0.6) is 5.75 Å². The number of imidazole rings is 1. The Morgan fingerprint density at radius 1 is 1.35 bits per heavy atom. The van der Waals surface area contributed by atoms with Gasteiger partial charge in [0.1, 0.15) is 11.3 Å². The predicted octanol–water partition coefficient (Wildman–Crippen LogP) is 4.52. The molecular weight excluding hydrogens is 288 g/mol. The quantitative estimate of drug-likeness (QED) is 0.718. The van der Waals surface area contributed by atoms with Crippen LogP contribution in [0.3, 0.4) is 0 Å². The Bertz CT molecular complexity index is 798. The van der Waals surface area contributed by atoms with Gasteiger partial charge in [0.25, 0.3) is 0 Å². The predicted molar refractivity (Wildman–Crippen MR) is 86.4 cm³/mol. The first-order chi connectivity index (χ1) is 9.70. The van der Waals surface area contributed by atoms with Gasteiger partial charge >= 0.3 is 0 Å². The van der Waals surface area contributed by atoms with E-state index < -0.39 is 0 Å². The summed E-state index contributed by atoms with van der Waals surface area (Å²) < 4.78 is 8.52. The van der Waals surface area contributed by atoms with Crippen molar-refractivity contribution in [2.45, 2.75) is 20.4 Å². The van der Waals surface area contributed by atoms with E-state index in [4.69, 9.17) is 17.0 Å². The molecule has 0 radical (unpaired) electrons. The second kappa shape index (κ2) is 5.42. The van der Waals surface area contributed by atoms with E-state index in [2.05, 4.69) is 33.3 Å². The standard InChI is InChI=1S/C15H16N2OS2/c1-3-18-13-6-4-5-12-14(13)16-15(19)17(12)7-11-9-20-8-10(11)2/h4-6,8-9H,3,7H2,1-2H3,(H,16,19). The fourth-order valence-electron chi connectivity index (χ4n) is 2.31. The minimum absolute atomic E-state index is 0.647. The van der Waals surface area contributed by atoms with Crippen LogP contribution in [0, 0.1) is 11.7 Å². The van der Waals surface area contributed by atoms with Gasteiger partial charge < -0.3 is 14.3 Å². The highest BCUT2D eigenvalue weighted by atomic mass is 32.1. The summed E-state index contributed by atoms with van der Waals surface area (Å²) in [6.07, 6.45) is 0. The monoisotopic (exact) mass is 304 g/mol. The van der Waals surface area contributed by atoms with E-state index in [9.17, 15) is 0 Å². The van der Waals surface area contributed by atoms with E-state index in [1.54, 1.807) is 11.3 Å². The molecule has 3 nitrogen and oxygen atoms in total. The lowest BCUT2D eigenvalue weighted by Crippen LogP contribution is -1.99. The molecule has 0 fully saturated rings. The van der Waals surface area contributed by atoms with Crippen LogP contribution in [0.15, 0.2) is 29.0 Å². The summed E-state index contributed by atoms with van der Waals surface area (Å²) in [6, 6.07) is 6.05. The number of rotatable bonds is 4. The Labute approximate surface area is 126 Å². The Kier molecular flexibility index (Phi) is 3.63. The first-order valence-corrected chi connectivity index (χ1v) is 7.91. The molecule has 1 aromatic carbocycles. The largest absolute Gasteiger partial charge is 0.492 e. The van der Waals surface area contributed by atoms with Gasteiger partial charge in [-0.25, -0.2) is 0 Å². The number of para-hydroxylation sites is 1. The number of fused-ring (bicyclic) bond motifs is 1. The molecule has 1 N–H and O–H groups in total. The van der Waals surface area contributed by atoms with Crippen LogP contribution in [-0.4, -0.2) is 16.2 Å². The van der Waals surface area contributed by atoms with Crippen molar-refractivity contribution >= 4 is 34.6 Å². The zero-order valence-corrected chi connectivity index (χ0v) is 13.1. The van der Waals surface area contributed by atoms with Crippen molar-refractivity contribution in [3.8, 4) is 5.75 Å². The fraction of sp³-hybridized carbons (Fsp3) is 0.267. The van der Waals surface area contributed by atoms with Gasteiger partial charge in [0.15, 0.2) is 4.77 Å². The van der Waals surface area contributed by atoms with Gasteiger partial charge in [0.05, 0.1) is 18.7 Å². The fourth-order valence-corrected chi connectivity index (χ4v) is 3.42. The van der Waals surface area contributed by atoms with Crippen LogP contribution in [0.2, 0.25) is 0 Å². The van der Waals surface area contributed by atoms with E-state index in [1.807, 2.05) is 19.1 Å². The normalized spacial score (nSPS) is 11.1. The number of hydrogen-bond donors (Lipinski definition) is 1. The number of benzene rings is 1. The highest BCUT2D eigenvalue weighted by Gasteiger charge is 2.10. The van der Waals surface area contributed by atoms with Gasteiger partial charge in [-0.15, -0.1) is 0 Å². The number of aromatic nitrogens is 2. The Hall–Kier alpha value is -1.59. The minimum Gasteiger partial charge on any atom is -0.492 e. The van der Waals surface area contributed by atoms with Crippen LogP contribution in [0.25, 0.3) is 11.0 Å². The molecular formula is C15H16N2OS2. The second-order valence-corrected chi connectivity index (χ2v) is 5.81. The van der Waals surface area contributed by atoms with E-state index >= 15 is 0 Å². The number of H-pyrrole nitrogens is 1. The molecule has 0 bridgehead atoms. The molecule has 0 aliphatic heterocycles. The number of nitrogens with zero attached hydrogens (tertiary/aromatic N) is 1. The number of aromatic amines is 1. The highest BCUT2D eigenvalue weighted by molar-refractivity contribution is 7.71. The molecule has 0 amide bonds. The van der Waals surface area contributed by atoms with Crippen molar-refractivity contribution in [2.24, 2.45) is 0 Å². The molecule has 0 saturated carbocycles. The van der Waals surface area contributed by atoms with Gasteiger partial charge in [-0.2, -0.15) is 11.3 Å². The van der Waals surface area contributed by atoms with Crippen molar-refractivity contribution in [3.05, 3.63) is 44.9 Å². The van der Waals surface area contributed by atoms with Gasteiger partial charge in [-0.3, -0.25) is 0 Å². The van der Waals surface area contributed by atoms with Crippen molar-refractivity contribution < 1.29 is 4.74 Å². The molecule has 20 heavy (non-hydrogen) atoms. The number of ether oxygens (including phenoxy) is 1. The maximum absolute atomic E-state index is 5.66. The summed E-state index contributed by atoms with van der Waals surface area (Å²) >= 11 is 7.20. The minimum atomic E-state index is 0.647. The average Bonchev–Trinajstić information content (AvgIpc) is 2.97. The highest BCUT2D eigenvalue weighted by Crippen LogP contribution is 2.26. The topological polar surface area (TPSA) is 29.9 Å². The second-order valence-electron chi connectivity index (χ2n) is 4.68. The van der Waals surface area contributed by atoms with Crippen LogP contribution < -0.4 is 4.74 Å². The van der Waals surface area contributed by atoms with E-state index in [1.165, 1.54) is 11.1 Å². The zero-order valence-electron chi connectivity index (χ0n) is 11.5. The lowest BCUT2D eigenvalue weighted by atomic mass is 10.2. The van der Waals surface area contributed by atoms with Crippen LogP contribution in [-0.2, 0) is 6.54 Å². The number of nitrogens with one attached hydrogen (secondary N) is 1. The molecule has 104 valence electrons. The van der Waals surface area contributed by atoms with E-state index in [0.717, 1.165) is 28.1 Å². The molecule has 3 rings (SSSR count). The van der Waals surface area contributed by atoms with Gasteiger partial charge in [-0.05, 0) is 60.1 Å². The maximum Gasteiger partial charge on any atom is 0.178 e. The summed E-state index contributed by atoms with van der Waals surface area (Å²) in [4.78, 5) is 3.27. The van der Waals surface area contributed by atoms with Crippen molar-refractivity contribution in [3.63, 3.8) is 0 Å². The van der Waals surface area contributed by atoms with E-state index in [0.29, 0.717) is 6.61 Å². The molecule has 0 spiro atoms. The third-order valence-corrected chi connectivity index (χ3v) is 4.59. The van der Waals surface area contributed by atoms with Crippen LogP contribution >= 0.6 is 23.6 Å². The summed E-state index contributed by atoms with van der Waals surface area (Å²) in [6.45, 7) is 5.56. The number of thiophene rings is 1. The van der Waals surface area contributed by atoms with Gasteiger partial charge in [-0.1, -0.05) is 6.07 Å². The zero-order chi connectivity index (χ0) is 14.1. The molecule has 0 saturated heterocycles. The molecule has 0 aliphatic rings. The summed E-state index contributed by atoms with van der Waals surface area (Å²) in [5.41, 5.74) is 4.69. The smallest absolute Gasteiger partial charge is 0.178 e. The summed E-state index contributed by atoms with van der Waals surface area (Å²) in [7, 11) is 0. The molecule has 0 atom stereocenters. The third-order valence-electron chi connectivity index (χ3n) is 3.36. The Balaban J connectivity index is 2.12. The van der Waals surface area contributed by atoms with E-state index in [-0.39, 0.29) is 0 Å². The first kappa shape index (κ1) is 13.4. The first-order valence-electron chi connectivity index (χ1n) is 6.56. The molecule has 0 unspecified atom stereocenters. The molecule has 3 aromatic rings.